The van der Waals surface area contributed by atoms with Gasteiger partial charge in [-0.3, -0.25) is 9.59 Å². The molecule has 10 heteroatoms. The van der Waals surface area contributed by atoms with Gasteiger partial charge in [0.15, 0.2) is 0 Å². The lowest BCUT2D eigenvalue weighted by molar-refractivity contribution is -0.135. The number of likely N-dealkylation sites (N-methyl/N-ethyl adjacent to an activating group) is 2. The second-order valence-corrected chi connectivity index (χ2v) is 9.25. The highest BCUT2D eigenvalue weighted by Crippen LogP contribution is 2.18. The third-order valence-electron chi connectivity index (χ3n) is 5.65. The minimum atomic E-state index is -0.531. The predicted octanol–water partition coefficient (Wildman–Crippen LogP) is 3.78. The van der Waals surface area contributed by atoms with Gasteiger partial charge in [-0.1, -0.05) is 37.8 Å². The van der Waals surface area contributed by atoms with Crippen LogP contribution in [0.25, 0.3) is 0 Å². The van der Waals surface area contributed by atoms with E-state index in [1.807, 2.05) is 25.9 Å². The topological polar surface area (TPSA) is 102 Å². The molecule has 9 nitrogen and oxygen atoms in total. The van der Waals surface area contributed by atoms with Crippen molar-refractivity contribution >= 4 is 29.3 Å². The zero-order valence-electron chi connectivity index (χ0n) is 23.6. The van der Waals surface area contributed by atoms with Crippen LogP contribution < -0.4 is 16.0 Å². The molecule has 0 fully saturated rings. The monoisotopic (exact) mass is 537 g/mol. The molecule has 2 aromatic rings. The molecular formula is C29H40FN7O2. The van der Waals surface area contributed by atoms with Gasteiger partial charge in [0.25, 0.3) is 0 Å². The molecule has 0 aliphatic rings. The Morgan fingerprint density at radius 3 is 2.67 bits per heavy atom. The number of amides is 2. The third kappa shape index (κ3) is 11.1. The van der Waals surface area contributed by atoms with Gasteiger partial charge < -0.3 is 25.8 Å². The van der Waals surface area contributed by atoms with Crippen molar-refractivity contribution in [3.63, 3.8) is 0 Å². The summed E-state index contributed by atoms with van der Waals surface area (Å²) < 4.78 is 13.5. The zero-order chi connectivity index (χ0) is 28.6. The largest absolute Gasteiger partial charge is 0.369 e. The number of carbonyl (C=O) groups excluding carboxylic acids is 2. The maximum atomic E-state index is 13.5. The van der Waals surface area contributed by atoms with Crippen molar-refractivity contribution in [2.45, 2.75) is 45.6 Å². The molecule has 0 spiro atoms. The third-order valence-corrected chi connectivity index (χ3v) is 5.65. The molecule has 1 aromatic carbocycles. The minimum Gasteiger partial charge on any atom is -0.369 e. The Kier molecular flexibility index (Phi) is 13.4. The van der Waals surface area contributed by atoms with Crippen LogP contribution in [0.2, 0.25) is 0 Å². The summed E-state index contributed by atoms with van der Waals surface area (Å²) in [5, 5.41) is 9.18. The summed E-state index contributed by atoms with van der Waals surface area (Å²) in [4.78, 5) is 37.3. The first-order valence-electron chi connectivity index (χ1n) is 13.2. The molecule has 0 saturated heterocycles. The van der Waals surface area contributed by atoms with Crippen LogP contribution >= 0.6 is 0 Å². The van der Waals surface area contributed by atoms with E-state index < -0.39 is 6.04 Å². The summed E-state index contributed by atoms with van der Waals surface area (Å²) >= 11 is 0. The molecule has 1 atom stereocenters. The van der Waals surface area contributed by atoms with Crippen LogP contribution in [0, 0.1) is 17.7 Å². The fourth-order valence-corrected chi connectivity index (χ4v) is 3.54. The number of aromatic nitrogens is 2. The van der Waals surface area contributed by atoms with Crippen LogP contribution in [-0.4, -0.2) is 78.4 Å². The Morgan fingerprint density at radius 2 is 1.97 bits per heavy atom. The molecular weight excluding hydrogens is 497 g/mol. The van der Waals surface area contributed by atoms with Crippen LogP contribution in [0.5, 0.6) is 0 Å². The Bertz CT molecular complexity index is 1170. The lowest BCUT2D eigenvalue weighted by atomic mass is 10.1. The quantitative estimate of drug-likeness (QED) is 0.191. The first-order chi connectivity index (χ1) is 18.7. The number of hydrogen-bond acceptors (Lipinski definition) is 7. The number of halogens is 1. The van der Waals surface area contributed by atoms with E-state index in [9.17, 15) is 14.0 Å². The van der Waals surface area contributed by atoms with Crippen molar-refractivity contribution in [2.24, 2.45) is 0 Å². The number of benzene rings is 1. The van der Waals surface area contributed by atoms with Crippen LogP contribution in [-0.2, 0) is 9.59 Å². The molecule has 210 valence electrons. The van der Waals surface area contributed by atoms with Gasteiger partial charge >= 0.3 is 0 Å². The minimum absolute atomic E-state index is 0.178. The number of nitrogens with one attached hydrogen (secondary N) is 3. The van der Waals surface area contributed by atoms with Crippen molar-refractivity contribution < 1.29 is 14.0 Å². The molecule has 0 aliphatic heterocycles. The SMILES string of the molecule is CCCNc1nc(Nc2cccc(F)c2)ncc1C#CCCCNC(=O)[C@H](CC)N(C)C(=O)/C=C/CN(C)C. The van der Waals surface area contributed by atoms with Crippen molar-refractivity contribution in [1.29, 1.82) is 0 Å². The number of nitrogens with zero attached hydrogens (tertiary/aromatic N) is 4. The normalized spacial score (nSPS) is 11.6. The highest BCUT2D eigenvalue weighted by atomic mass is 19.1. The van der Waals surface area contributed by atoms with E-state index in [1.165, 1.54) is 23.1 Å². The van der Waals surface area contributed by atoms with Gasteiger partial charge in [-0.25, -0.2) is 9.37 Å². The number of anilines is 3. The fourth-order valence-electron chi connectivity index (χ4n) is 3.54. The lowest BCUT2D eigenvalue weighted by Crippen LogP contribution is -2.47. The summed E-state index contributed by atoms with van der Waals surface area (Å²) in [6, 6.07) is 5.56. The van der Waals surface area contributed by atoms with Gasteiger partial charge in [0, 0.05) is 44.9 Å². The van der Waals surface area contributed by atoms with Crippen molar-refractivity contribution in [3.8, 4) is 11.8 Å². The number of hydrogen-bond donors (Lipinski definition) is 3. The standard InChI is InChI=1S/C29H40FN7O2/c1-6-17-31-27-22(21-33-29(35-27)34-24-15-11-14-23(30)20-24)13-9-8-10-18-32-28(39)25(7-2)37(5)26(38)16-12-19-36(3)4/h11-12,14-16,20-21,25H,6-8,10,17-19H2,1-5H3,(H,32,39)(H2,31,33,34,35)/b16-12+/t25-/m0/s1. The maximum Gasteiger partial charge on any atom is 0.246 e. The molecule has 2 rings (SSSR count). The number of unbranched alkanes of at least 4 members (excludes halogenated alkanes) is 1. The summed E-state index contributed by atoms with van der Waals surface area (Å²) in [6.45, 7) is 5.77. The molecule has 1 aromatic heterocycles. The van der Waals surface area contributed by atoms with Gasteiger partial charge in [0.2, 0.25) is 17.8 Å². The van der Waals surface area contributed by atoms with Crippen LogP contribution in [0.3, 0.4) is 0 Å². The van der Waals surface area contributed by atoms with Gasteiger partial charge in [-0.05, 0) is 51.6 Å². The second kappa shape index (κ2) is 16.8. The predicted molar refractivity (Wildman–Crippen MR) is 154 cm³/mol. The Morgan fingerprint density at radius 1 is 1.18 bits per heavy atom. The van der Waals surface area contributed by atoms with Crippen LogP contribution in [0.4, 0.5) is 21.8 Å². The van der Waals surface area contributed by atoms with Gasteiger partial charge in [0.1, 0.15) is 17.7 Å². The summed E-state index contributed by atoms with van der Waals surface area (Å²) in [7, 11) is 5.49. The van der Waals surface area contributed by atoms with E-state index in [2.05, 4.69) is 44.7 Å². The van der Waals surface area contributed by atoms with Crippen LogP contribution in [0.1, 0.15) is 45.1 Å². The molecule has 2 amide bonds. The summed E-state index contributed by atoms with van der Waals surface area (Å²) in [5.41, 5.74) is 1.21. The molecule has 0 unspecified atom stereocenters. The highest BCUT2D eigenvalue weighted by molar-refractivity contribution is 5.92. The van der Waals surface area contributed by atoms with Gasteiger partial charge in [0.05, 0.1) is 11.8 Å². The molecule has 0 radical (unpaired) electrons. The molecule has 1 heterocycles. The van der Waals surface area contributed by atoms with E-state index >= 15 is 0 Å². The van der Waals surface area contributed by atoms with E-state index in [0.29, 0.717) is 55.4 Å². The maximum absolute atomic E-state index is 13.5. The van der Waals surface area contributed by atoms with Gasteiger partial charge in [-0.15, -0.1) is 0 Å². The first kappa shape index (κ1) is 31.2. The zero-order valence-corrected chi connectivity index (χ0v) is 23.6. The van der Waals surface area contributed by atoms with Gasteiger partial charge in [-0.2, -0.15) is 4.98 Å². The first-order valence-corrected chi connectivity index (χ1v) is 13.2. The van der Waals surface area contributed by atoms with E-state index in [-0.39, 0.29) is 17.6 Å². The average Bonchev–Trinajstić information content (AvgIpc) is 2.90. The lowest BCUT2D eigenvalue weighted by Gasteiger charge is -2.25. The van der Waals surface area contributed by atoms with Crippen molar-refractivity contribution in [1.82, 2.24) is 25.1 Å². The Labute approximate surface area is 231 Å². The number of rotatable bonds is 14. The molecule has 0 aliphatic carbocycles. The molecule has 3 N–H and O–H groups in total. The Hall–Kier alpha value is -3.97. The van der Waals surface area contributed by atoms with E-state index in [0.717, 1.165) is 13.0 Å². The summed E-state index contributed by atoms with van der Waals surface area (Å²) in [5.74, 6) is 6.44. The molecule has 39 heavy (non-hydrogen) atoms. The van der Waals surface area contributed by atoms with Crippen molar-refractivity contribution in [3.05, 3.63) is 54.0 Å². The van der Waals surface area contributed by atoms with E-state index in [1.54, 1.807) is 31.5 Å². The van der Waals surface area contributed by atoms with E-state index in [4.69, 9.17) is 0 Å². The smallest absolute Gasteiger partial charge is 0.246 e. The Balaban J connectivity index is 1.90. The second-order valence-electron chi connectivity index (χ2n) is 9.25. The molecule has 0 saturated carbocycles. The van der Waals surface area contributed by atoms with Crippen LogP contribution in [0.15, 0.2) is 42.6 Å². The summed E-state index contributed by atoms with van der Waals surface area (Å²) in [6.07, 6.45) is 7.58. The number of carbonyl (C=O) groups is 2. The van der Waals surface area contributed by atoms with Crippen molar-refractivity contribution in [2.75, 3.05) is 51.4 Å². The highest BCUT2D eigenvalue weighted by Gasteiger charge is 2.23. The molecule has 0 bridgehead atoms. The fraction of sp³-hybridized carbons (Fsp3) is 0.448. The average molecular weight is 538 g/mol.